The van der Waals surface area contributed by atoms with Crippen molar-refractivity contribution in [3.8, 4) is 0 Å². The number of hydrogen-bond donors (Lipinski definition) is 1. The molecule has 1 aromatic carbocycles. The predicted molar refractivity (Wildman–Crippen MR) is 77.2 cm³/mol. The highest BCUT2D eigenvalue weighted by Crippen LogP contribution is 2.17. The second kappa shape index (κ2) is 7.02. The molecule has 5 nitrogen and oxygen atoms in total. The molecule has 0 amide bonds. The van der Waals surface area contributed by atoms with E-state index in [9.17, 15) is 13.2 Å². The molecule has 0 saturated carbocycles. The van der Waals surface area contributed by atoms with Crippen LogP contribution in [-0.4, -0.2) is 21.0 Å². The molecule has 0 radical (unpaired) electrons. The average molecular weight is 295 g/mol. The van der Waals surface area contributed by atoms with E-state index in [4.69, 9.17) is 4.74 Å². The summed E-state index contributed by atoms with van der Waals surface area (Å²) in [5.74, 6) is -0.667. The van der Waals surface area contributed by atoms with Crippen LogP contribution in [0.25, 0.3) is 0 Å². The average Bonchev–Trinajstić information content (AvgIpc) is 2.45. The zero-order chi connectivity index (χ0) is 15.2. The number of esters is 1. The molecular formula is C14H17NO4S. The Hall–Kier alpha value is -1.92. The van der Waals surface area contributed by atoms with E-state index < -0.39 is 22.0 Å². The molecule has 6 heteroatoms. The lowest BCUT2D eigenvalue weighted by Crippen LogP contribution is -2.35. The molecule has 1 atom stereocenters. The van der Waals surface area contributed by atoms with Crippen LogP contribution in [0.5, 0.6) is 0 Å². The van der Waals surface area contributed by atoms with Crippen molar-refractivity contribution in [3.63, 3.8) is 0 Å². The van der Waals surface area contributed by atoms with Gasteiger partial charge in [0.1, 0.15) is 6.04 Å². The van der Waals surface area contributed by atoms with Crippen molar-refractivity contribution in [2.24, 2.45) is 0 Å². The number of sulfonamides is 1. The number of carbonyl (C=O) groups excluding carboxylic acids is 1. The summed E-state index contributed by atoms with van der Waals surface area (Å²) < 4.78 is 31.1. The Kier molecular flexibility index (Phi) is 5.66. The normalized spacial score (nSPS) is 12.4. The molecule has 0 spiro atoms. The van der Waals surface area contributed by atoms with Crippen LogP contribution >= 0.6 is 0 Å². The van der Waals surface area contributed by atoms with E-state index in [1.54, 1.807) is 37.3 Å². The maximum absolute atomic E-state index is 12.0. The Morgan fingerprint density at radius 1 is 1.40 bits per heavy atom. The van der Waals surface area contributed by atoms with E-state index >= 15 is 0 Å². The van der Waals surface area contributed by atoms with Crippen molar-refractivity contribution in [1.82, 2.24) is 4.72 Å². The van der Waals surface area contributed by atoms with Gasteiger partial charge in [-0.05, 0) is 18.6 Å². The summed E-state index contributed by atoms with van der Waals surface area (Å²) in [5.41, 5.74) is 0.492. The highest BCUT2D eigenvalue weighted by atomic mass is 32.2. The molecule has 0 aliphatic heterocycles. The monoisotopic (exact) mass is 295 g/mol. The van der Waals surface area contributed by atoms with Crippen LogP contribution in [0.1, 0.15) is 18.5 Å². The van der Waals surface area contributed by atoms with Gasteiger partial charge >= 0.3 is 5.97 Å². The van der Waals surface area contributed by atoms with Crippen molar-refractivity contribution in [2.75, 3.05) is 6.61 Å². The standard InChI is InChI=1S/C14H17NO4S/c1-4-11(3)20(17,18)15-13(14(16)19-5-2)12-9-7-6-8-10-12/h4,6-10,13,15H,1,3,5H2,2H3. The zero-order valence-electron chi connectivity index (χ0n) is 11.2. The third-order valence-electron chi connectivity index (χ3n) is 2.50. The van der Waals surface area contributed by atoms with Crippen molar-refractivity contribution in [2.45, 2.75) is 13.0 Å². The molecule has 1 rings (SSSR count). The Labute approximate surface area is 119 Å². The van der Waals surface area contributed by atoms with Crippen LogP contribution in [0.2, 0.25) is 0 Å². The lowest BCUT2D eigenvalue weighted by atomic mass is 10.1. The first-order valence-corrected chi connectivity index (χ1v) is 7.46. The fourth-order valence-corrected chi connectivity index (χ4v) is 2.38. The van der Waals surface area contributed by atoms with Crippen molar-refractivity contribution in [1.29, 1.82) is 0 Å². The fourth-order valence-electron chi connectivity index (χ4n) is 1.46. The molecule has 0 bridgehead atoms. The Morgan fingerprint density at radius 2 is 2.00 bits per heavy atom. The van der Waals surface area contributed by atoms with Gasteiger partial charge in [-0.15, -0.1) is 0 Å². The third-order valence-corrected chi connectivity index (χ3v) is 3.90. The van der Waals surface area contributed by atoms with E-state index in [1.165, 1.54) is 0 Å². The van der Waals surface area contributed by atoms with E-state index in [-0.39, 0.29) is 11.5 Å². The van der Waals surface area contributed by atoms with Gasteiger partial charge in [0, 0.05) is 0 Å². The van der Waals surface area contributed by atoms with Gasteiger partial charge in [0.2, 0.25) is 10.0 Å². The summed E-state index contributed by atoms with van der Waals surface area (Å²) in [4.78, 5) is 11.7. The van der Waals surface area contributed by atoms with Crippen LogP contribution in [-0.2, 0) is 19.6 Å². The van der Waals surface area contributed by atoms with Gasteiger partial charge in [-0.25, -0.2) is 13.2 Å². The summed E-state index contributed by atoms with van der Waals surface area (Å²) in [6.45, 7) is 8.54. The number of benzene rings is 1. The lowest BCUT2D eigenvalue weighted by molar-refractivity contribution is -0.145. The van der Waals surface area contributed by atoms with Gasteiger partial charge in [0.05, 0.1) is 11.5 Å². The largest absolute Gasteiger partial charge is 0.465 e. The molecule has 0 heterocycles. The van der Waals surface area contributed by atoms with Gasteiger partial charge in [0.25, 0.3) is 0 Å². The Balaban J connectivity index is 3.10. The van der Waals surface area contributed by atoms with Crippen molar-refractivity contribution in [3.05, 3.63) is 60.0 Å². The second-order valence-corrected chi connectivity index (χ2v) is 5.65. The molecule has 1 N–H and O–H groups in total. The Bertz CT molecular complexity index is 593. The zero-order valence-corrected chi connectivity index (χ0v) is 12.0. The van der Waals surface area contributed by atoms with E-state index in [0.717, 1.165) is 6.08 Å². The van der Waals surface area contributed by atoms with Crippen LogP contribution in [0.4, 0.5) is 0 Å². The molecule has 0 saturated heterocycles. The maximum Gasteiger partial charge on any atom is 0.328 e. The summed E-state index contributed by atoms with van der Waals surface area (Å²) in [7, 11) is -3.88. The number of ether oxygens (including phenoxy) is 1. The van der Waals surface area contributed by atoms with Gasteiger partial charge in [0.15, 0.2) is 0 Å². The van der Waals surface area contributed by atoms with Crippen LogP contribution in [0.15, 0.2) is 54.5 Å². The topological polar surface area (TPSA) is 72.5 Å². The quantitative estimate of drug-likeness (QED) is 0.616. The molecule has 108 valence electrons. The van der Waals surface area contributed by atoms with Gasteiger partial charge < -0.3 is 4.74 Å². The molecular weight excluding hydrogens is 278 g/mol. The smallest absolute Gasteiger partial charge is 0.328 e. The second-order valence-electron chi connectivity index (χ2n) is 3.89. The molecule has 0 aliphatic carbocycles. The Morgan fingerprint density at radius 3 is 2.50 bits per heavy atom. The maximum atomic E-state index is 12.0. The van der Waals surface area contributed by atoms with Crippen LogP contribution in [0, 0.1) is 0 Å². The fraction of sp³-hybridized carbons (Fsp3) is 0.214. The van der Waals surface area contributed by atoms with Crippen LogP contribution in [0.3, 0.4) is 0 Å². The number of rotatable bonds is 7. The summed E-state index contributed by atoms with van der Waals surface area (Å²) in [6, 6.07) is 7.35. The first-order valence-electron chi connectivity index (χ1n) is 5.97. The number of nitrogens with one attached hydrogen (secondary N) is 1. The minimum Gasteiger partial charge on any atom is -0.465 e. The first kappa shape index (κ1) is 16.1. The number of hydrogen-bond acceptors (Lipinski definition) is 4. The molecule has 0 aromatic heterocycles. The minimum atomic E-state index is -3.88. The number of carbonyl (C=O) groups is 1. The first-order chi connectivity index (χ1) is 9.42. The summed E-state index contributed by atoms with van der Waals surface area (Å²) >= 11 is 0. The predicted octanol–water partition coefficient (Wildman–Crippen LogP) is 1.91. The highest BCUT2D eigenvalue weighted by molar-refractivity contribution is 7.93. The SMILES string of the molecule is C=CC(=C)S(=O)(=O)NC(C(=O)OCC)c1ccccc1. The van der Waals surface area contributed by atoms with E-state index in [1.807, 2.05) is 0 Å². The van der Waals surface area contributed by atoms with Gasteiger partial charge in [-0.3, -0.25) is 0 Å². The molecule has 0 fully saturated rings. The third kappa shape index (κ3) is 4.04. The van der Waals surface area contributed by atoms with Crippen molar-refractivity contribution < 1.29 is 17.9 Å². The van der Waals surface area contributed by atoms with Crippen molar-refractivity contribution >= 4 is 16.0 Å². The summed E-state index contributed by atoms with van der Waals surface area (Å²) in [6.07, 6.45) is 1.11. The highest BCUT2D eigenvalue weighted by Gasteiger charge is 2.27. The van der Waals surface area contributed by atoms with Crippen LogP contribution < -0.4 is 4.72 Å². The molecule has 1 unspecified atom stereocenters. The lowest BCUT2D eigenvalue weighted by Gasteiger charge is -2.17. The minimum absolute atomic E-state index is 0.159. The van der Waals surface area contributed by atoms with Gasteiger partial charge in [-0.1, -0.05) is 43.5 Å². The summed E-state index contributed by atoms with van der Waals surface area (Å²) in [5, 5.41) is 0. The molecule has 20 heavy (non-hydrogen) atoms. The number of allylic oxidation sites excluding steroid dienone is 1. The van der Waals surface area contributed by atoms with E-state index in [0.29, 0.717) is 5.56 Å². The molecule has 0 aliphatic rings. The van der Waals surface area contributed by atoms with E-state index in [2.05, 4.69) is 17.9 Å². The molecule has 1 aromatic rings. The van der Waals surface area contributed by atoms with Gasteiger partial charge in [-0.2, -0.15) is 4.72 Å².